The molecule has 0 bridgehead atoms. The Morgan fingerprint density at radius 1 is 1.17 bits per heavy atom. The van der Waals surface area contributed by atoms with Gasteiger partial charge in [0.15, 0.2) is 0 Å². The molecule has 0 heterocycles. The van der Waals surface area contributed by atoms with Gasteiger partial charge in [0.05, 0.1) is 12.8 Å². The fourth-order valence-electron chi connectivity index (χ4n) is 2.25. The second-order valence-electron chi connectivity index (χ2n) is 5.33. The third-order valence-electron chi connectivity index (χ3n) is 3.54. The molecule has 1 amide bonds. The van der Waals surface area contributed by atoms with Gasteiger partial charge in [-0.2, -0.15) is 0 Å². The van der Waals surface area contributed by atoms with Crippen LogP contribution in [0.15, 0.2) is 36.4 Å². The molecule has 0 fully saturated rings. The molecule has 2 rings (SSSR count). The molecule has 23 heavy (non-hydrogen) atoms. The van der Waals surface area contributed by atoms with Crippen molar-refractivity contribution in [2.45, 2.75) is 26.2 Å². The standard InChI is InChI=1S/C18H19Cl2NO2/c1-12-10-16(17(23-2)11-15(12)20)21-18(22)5-3-4-13-6-8-14(19)9-7-13/h6-11H,3-5H2,1-2H3,(H,21,22). The van der Waals surface area contributed by atoms with Crippen LogP contribution in [0.5, 0.6) is 5.75 Å². The van der Waals surface area contributed by atoms with E-state index in [0.29, 0.717) is 22.9 Å². The Hall–Kier alpha value is -1.71. The highest BCUT2D eigenvalue weighted by Gasteiger charge is 2.10. The van der Waals surface area contributed by atoms with E-state index in [1.54, 1.807) is 13.2 Å². The molecule has 0 unspecified atom stereocenters. The van der Waals surface area contributed by atoms with Crippen LogP contribution in [0, 0.1) is 6.92 Å². The molecule has 2 aromatic rings. The Morgan fingerprint density at radius 2 is 1.87 bits per heavy atom. The normalized spacial score (nSPS) is 10.4. The average molecular weight is 352 g/mol. The lowest BCUT2D eigenvalue weighted by Crippen LogP contribution is -2.12. The first-order valence-corrected chi connectivity index (χ1v) is 8.13. The largest absolute Gasteiger partial charge is 0.495 e. The molecule has 0 saturated carbocycles. The molecular weight excluding hydrogens is 333 g/mol. The van der Waals surface area contributed by atoms with Gasteiger partial charge in [0.2, 0.25) is 5.91 Å². The van der Waals surface area contributed by atoms with Gasteiger partial charge >= 0.3 is 0 Å². The molecule has 1 N–H and O–H groups in total. The molecule has 0 aliphatic carbocycles. The first-order valence-electron chi connectivity index (χ1n) is 7.38. The smallest absolute Gasteiger partial charge is 0.224 e. The van der Waals surface area contributed by atoms with Gasteiger partial charge in [-0.15, -0.1) is 0 Å². The summed E-state index contributed by atoms with van der Waals surface area (Å²) in [6.45, 7) is 1.89. The number of amides is 1. The number of rotatable bonds is 6. The van der Waals surface area contributed by atoms with Crippen LogP contribution in [0.1, 0.15) is 24.0 Å². The summed E-state index contributed by atoms with van der Waals surface area (Å²) in [6, 6.07) is 11.2. The highest BCUT2D eigenvalue weighted by molar-refractivity contribution is 6.31. The Kier molecular flexibility index (Phi) is 6.31. The van der Waals surface area contributed by atoms with Crippen LogP contribution in [0.4, 0.5) is 5.69 Å². The number of carbonyl (C=O) groups is 1. The van der Waals surface area contributed by atoms with Crippen molar-refractivity contribution < 1.29 is 9.53 Å². The fraction of sp³-hybridized carbons (Fsp3) is 0.278. The fourth-order valence-corrected chi connectivity index (χ4v) is 2.53. The molecule has 0 atom stereocenters. The van der Waals surface area contributed by atoms with Crippen molar-refractivity contribution in [2.75, 3.05) is 12.4 Å². The zero-order chi connectivity index (χ0) is 16.8. The number of methoxy groups -OCH3 is 1. The molecule has 2 aromatic carbocycles. The molecule has 3 nitrogen and oxygen atoms in total. The molecule has 5 heteroatoms. The van der Waals surface area contributed by atoms with Crippen molar-refractivity contribution in [1.29, 1.82) is 0 Å². The molecule has 122 valence electrons. The molecule has 0 aliphatic heterocycles. The van der Waals surface area contributed by atoms with Crippen molar-refractivity contribution in [2.24, 2.45) is 0 Å². The van der Waals surface area contributed by atoms with Gasteiger partial charge in [0.25, 0.3) is 0 Å². The van der Waals surface area contributed by atoms with E-state index in [4.69, 9.17) is 27.9 Å². The quantitative estimate of drug-likeness (QED) is 0.769. The number of halogens is 2. The number of carbonyl (C=O) groups excluding carboxylic acids is 1. The van der Waals surface area contributed by atoms with E-state index in [9.17, 15) is 4.79 Å². The van der Waals surface area contributed by atoms with E-state index in [-0.39, 0.29) is 5.91 Å². The van der Waals surface area contributed by atoms with Crippen molar-refractivity contribution in [1.82, 2.24) is 0 Å². The van der Waals surface area contributed by atoms with Crippen LogP contribution in [0.2, 0.25) is 10.0 Å². The number of aryl methyl sites for hydroxylation is 2. The Labute approximate surface area is 146 Å². The summed E-state index contributed by atoms with van der Waals surface area (Å²) >= 11 is 11.9. The van der Waals surface area contributed by atoms with E-state index in [1.807, 2.05) is 37.3 Å². The number of ether oxygens (including phenoxy) is 1. The second kappa shape index (κ2) is 8.23. The van der Waals surface area contributed by atoms with Crippen LogP contribution in [0.25, 0.3) is 0 Å². The van der Waals surface area contributed by atoms with Crippen LogP contribution < -0.4 is 10.1 Å². The van der Waals surface area contributed by atoms with E-state index in [0.717, 1.165) is 23.4 Å². The molecule has 0 aliphatic rings. The molecule has 0 spiro atoms. The van der Waals surface area contributed by atoms with Gasteiger partial charge in [0, 0.05) is 22.5 Å². The predicted molar refractivity (Wildman–Crippen MR) is 95.8 cm³/mol. The second-order valence-corrected chi connectivity index (χ2v) is 6.17. The Morgan fingerprint density at radius 3 is 2.52 bits per heavy atom. The summed E-state index contributed by atoms with van der Waals surface area (Å²) in [5, 5.41) is 4.21. The van der Waals surface area contributed by atoms with Gasteiger partial charge < -0.3 is 10.1 Å². The Balaban J connectivity index is 1.89. The van der Waals surface area contributed by atoms with Crippen LogP contribution in [0.3, 0.4) is 0 Å². The maximum absolute atomic E-state index is 12.1. The highest BCUT2D eigenvalue weighted by atomic mass is 35.5. The average Bonchev–Trinajstić information content (AvgIpc) is 2.52. The summed E-state index contributed by atoms with van der Waals surface area (Å²) in [7, 11) is 1.55. The van der Waals surface area contributed by atoms with Gasteiger partial charge in [-0.3, -0.25) is 4.79 Å². The molecule has 0 aromatic heterocycles. The lowest BCUT2D eigenvalue weighted by Gasteiger charge is -2.12. The number of anilines is 1. The van der Waals surface area contributed by atoms with Gasteiger partial charge in [-0.1, -0.05) is 35.3 Å². The summed E-state index contributed by atoms with van der Waals surface area (Å²) in [6.07, 6.45) is 2.04. The SMILES string of the molecule is COc1cc(Cl)c(C)cc1NC(=O)CCCc1ccc(Cl)cc1. The predicted octanol–water partition coefficient (Wildman–Crippen LogP) is 5.27. The van der Waals surface area contributed by atoms with E-state index >= 15 is 0 Å². The van der Waals surface area contributed by atoms with Crippen molar-refractivity contribution in [3.05, 3.63) is 57.6 Å². The minimum Gasteiger partial charge on any atom is -0.495 e. The molecular formula is C18H19Cl2NO2. The summed E-state index contributed by atoms with van der Waals surface area (Å²) in [4.78, 5) is 12.1. The molecule has 0 saturated heterocycles. The van der Waals surface area contributed by atoms with Crippen LogP contribution >= 0.6 is 23.2 Å². The minimum absolute atomic E-state index is 0.0426. The van der Waals surface area contributed by atoms with E-state index in [2.05, 4.69) is 5.32 Å². The molecule has 0 radical (unpaired) electrons. The number of hydrogen-bond donors (Lipinski definition) is 1. The topological polar surface area (TPSA) is 38.3 Å². The summed E-state index contributed by atoms with van der Waals surface area (Å²) < 4.78 is 5.26. The van der Waals surface area contributed by atoms with Gasteiger partial charge in [-0.25, -0.2) is 0 Å². The van der Waals surface area contributed by atoms with Crippen molar-refractivity contribution in [3.63, 3.8) is 0 Å². The maximum atomic E-state index is 12.1. The van der Waals surface area contributed by atoms with Gasteiger partial charge in [0.1, 0.15) is 5.75 Å². The first-order chi connectivity index (χ1) is 11.0. The number of hydrogen-bond acceptors (Lipinski definition) is 2. The van der Waals surface area contributed by atoms with Crippen LogP contribution in [-0.4, -0.2) is 13.0 Å². The Bertz CT molecular complexity index is 684. The van der Waals surface area contributed by atoms with Crippen molar-refractivity contribution in [3.8, 4) is 5.75 Å². The number of benzene rings is 2. The lowest BCUT2D eigenvalue weighted by molar-refractivity contribution is -0.116. The summed E-state index contributed by atoms with van der Waals surface area (Å²) in [5.41, 5.74) is 2.71. The third-order valence-corrected chi connectivity index (χ3v) is 4.20. The maximum Gasteiger partial charge on any atom is 0.224 e. The zero-order valence-electron chi connectivity index (χ0n) is 13.2. The minimum atomic E-state index is -0.0426. The first kappa shape index (κ1) is 17.6. The summed E-state index contributed by atoms with van der Waals surface area (Å²) in [5.74, 6) is 0.519. The monoisotopic (exact) mass is 351 g/mol. The van der Waals surface area contributed by atoms with Crippen LogP contribution in [-0.2, 0) is 11.2 Å². The van der Waals surface area contributed by atoms with E-state index in [1.165, 1.54) is 5.56 Å². The van der Waals surface area contributed by atoms with Crippen molar-refractivity contribution >= 4 is 34.8 Å². The van der Waals surface area contributed by atoms with Gasteiger partial charge in [-0.05, 0) is 49.1 Å². The lowest BCUT2D eigenvalue weighted by atomic mass is 10.1. The third kappa shape index (κ3) is 5.15. The van der Waals surface area contributed by atoms with E-state index < -0.39 is 0 Å². The zero-order valence-corrected chi connectivity index (χ0v) is 14.7. The highest BCUT2D eigenvalue weighted by Crippen LogP contribution is 2.31. The number of nitrogens with one attached hydrogen (secondary N) is 1.